The van der Waals surface area contributed by atoms with Crippen molar-refractivity contribution in [2.45, 2.75) is 0 Å². The number of hydrogen-bond acceptors (Lipinski definition) is 4. The molecule has 0 unspecified atom stereocenters. The molecule has 5 nitrogen and oxygen atoms in total. The predicted octanol–water partition coefficient (Wildman–Crippen LogP) is 2.45. The van der Waals surface area contributed by atoms with Crippen LogP contribution in [0.2, 0.25) is 5.15 Å². The van der Waals surface area contributed by atoms with E-state index in [1.807, 2.05) is 18.2 Å². The normalized spacial score (nSPS) is 10.8. The van der Waals surface area contributed by atoms with E-state index >= 15 is 0 Å². The highest BCUT2D eigenvalue weighted by atomic mass is 35.5. The molecular formula is C12H9ClN4O. The van der Waals surface area contributed by atoms with Crippen LogP contribution in [-0.2, 0) is 0 Å². The Labute approximate surface area is 108 Å². The Kier molecular flexibility index (Phi) is 2.60. The summed E-state index contributed by atoms with van der Waals surface area (Å²) in [5.74, 6) is 0.529. The van der Waals surface area contributed by atoms with Gasteiger partial charge in [0.25, 0.3) is 0 Å². The van der Waals surface area contributed by atoms with Gasteiger partial charge in [0.05, 0.1) is 24.6 Å². The summed E-state index contributed by atoms with van der Waals surface area (Å²) in [4.78, 5) is 8.43. The summed E-state index contributed by atoms with van der Waals surface area (Å²) < 4.78 is 6.90. The van der Waals surface area contributed by atoms with Crippen molar-refractivity contribution in [2.75, 3.05) is 7.11 Å². The van der Waals surface area contributed by atoms with E-state index < -0.39 is 0 Å². The van der Waals surface area contributed by atoms with Gasteiger partial charge in [0.1, 0.15) is 5.15 Å². The molecule has 6 heteroatoms. The average Bonchev–Trinajstić information content (AvgIpc) is 2.81. The van der Waals surface area contributed by atoms with Crippen LogP contribution in [0.3, 0.4) is 0 Å². The number of ether oxygens (including phenoxy) is 1. The van der Waals surface area contributed by atoms with Crippen LogP contribution in [0.5, 0.6) is 5.88 Å². The summed E-state index contributed by atoms with van der Waals surface area (Å²) in [6.07, 6.45) is 3.39. The van der Waals surface area contributed by atoms with Crippen molar-refractivity contribution >= 4 is 17.2 Å². The topological polar surface area (TPSA) is 52.3 Å². The number of pyridine rings is 1. The SMILES string of the molecule is COc1ncccc1-c1cnc2ccc(Cl)nn12. The van der Waals surface area contributed by atoms with Crippen LogP contribution in [0.4, 0.5) is 0 Å². The summed E-state index contributed by atoms with van der Waals surface area (Å²) in [5.41, 5.74) is 2.33. The first kappa shape index (κ1) is 11.0. The first-order valence-electron chi connectivity index (χ1n) is 5.29. The molecule has 0 radical (unpaired) electrons. The number of fused-ring (bicyclic) bond motifs is 1. The van der Waals surface area contributed by atoms with Crippen LogP contribution < -0.4 is 4.74 Å². The Balaban J connectivity index is 2.28. The molecule has 0 saturated heterocycles. The minimum atomic E-state index is 0.407. The number of methoxy groups -OCH3 is 1. The molecule has 18 heavy (non-hydrogen) atoms. The van der Waals surface area contributed by atoms with Gasteiger partial charge in [-0.3, -0.25) is 0 Å². The minimum Gasteiger partial charge on any atom is -0.481 e. The third-order valence-corrected chi connectivity index (χ3v) is 2.77. The standard InChI is InChI=1S/C12H9ClN4O/c1-18-12-8(3-2-6-14-12)9-7-15-11-5-4-10(13)16-17(9)11/h2-7H,1H3. The van der Waals surface area contributed by atoms with Gasteiger partial charge >= 0.3 is 0 Å². The predicted molar refractivity (Wildman–Crippen MR) is 67.8 cm³/mol. The zero-order chi connectivity index (χ0) is 12.5. The van der Waals surface area contributed by atoms with Crippen LogP contribution in [0, 0.1) is 0 Å². The van der Waals surface area contributed by atoms with Crippen molar-refractivity contribution in [2.24, 2.45) is 0 Å². The molecular weight excluding hydrogens is 252 g/mol. The second-order valence-electron chi connectivity index (χ2n) is 3.63. The number of imidazole rings is 1. The van der Waals surface area contributed by atoms with Crippen molar-refractivity contribution < 1.29 is 4.74 Å². The summed E-state index contributed by atoms with van der Waals surface area (Å²) in [7, 11) is 1.58. The Morgan fingerprint density at radius 2 is 2.11 bits per heavy atom. The molecule has 0 saturated carbocycles. The van der Waals surface area contributed by atoms with Gasteiger partial charge in [-0.05, 0) is 24.3 Å². The van der Waals surface area contributed by atoms with Crippen molar-refractivity contribution in [3.8, 4) is 17.1 Å². The van der Waals surface area contributed by atoms with E-state index in [4.69, 9.17) is 16.3 Å². The Morgan fingerprint density at radius 3 is 2.94 bits per heavy atom. The number of aromatic nitrogens is 4. The van der Waals surface area contributed by atoms with Gasteiger partial charge in [-0.25, -0.2) is 14.5 Å². The van der Waals surface area contributed by atoms with Crippen LogP contribution in [0.25, 0.3) is 16.9 Å². The van der Waals surface area contributed by atoms with Crippen molar-refractivity contribution in [1.82, 2.24) is 19.6 Å². The second-order valence-corrected chi connectivity index (χ2v) is 4.02. The average molecular weight is 261 g/mol. The Bertz CT molecular complexity index is 710. The van der Waals surface area contributed by atoms with E-state index in [-0.39, 0.29) is 0 Å². The Hall–Kier alpha value is -2.14. The highest BCUT2D eigenvalue weighted by molar-refractivity contribution is 6.29. The van der Waals surface area contributed by atoms with Crippen LogP contribution in [0.15, 0.2) is 36.7 Å². The van der Waals surface area contributed by atoms with E-state index in [0.29, 0.717) is 11.0 Å². The molecule has 0 amide bonds. The van der Waals surface area contributed by atoms with E-state index in [1.165, 1.54) is 0 Å². The van der Waals surface area contributed by atoms with E-state index in [2.05, 4.69) is 15.1 Å². The smallest absolute Gasteiger partial charge is 0.222 e. The molecule has 0 bridgehead atoms. The van der Waals surface area contributed by atoms with Crippen molar-refractivity contribution in [3.63, 3.8) is 0 Å². The molecule has 0 atom stereocenters. The molecule has 0 aliphatic carbocycles. The largest absolute Gasteiger partial charge is 0.481 e. The van der Waals surface area contributed by atoms with Gasteiger partial charge in [-0.2, -0.15) is 5.10 Å². The van der Waals surface area contributed by atoms with Gasteiger partial charge in [-0.15, -0.1) is 0 Å². The molecule has 0 spiro atoms. The fourth-order valence-corrected chi connectivity index (χ4v) is 1.92. The lowest BCUT2D eigenvalue weighted by Gasteiger charge is -2.05. The number of rotatable bonds is 2. The lowest BCUT2D eigenvalue weighted by molar-refractivity contribution is 0.399. The zero-order valence-corrected chi connectivity index (χ0v) is 10.3. The molecule has 3 rings (SSSR count). The van der Waals surface area contributed by atoms with Gasteiger partial charge in [0.2, 0.25) is 5.88 Å². The molecule has 0 aromatic carbocycles. The van der Waals surface area contributed by atoms with Crippen LogP contribution in [0.1, 0.15) is 0 Å². The fourth-order valence-electron chi connectivity index (χ4n) is 1.78. The molecule has 90 valence electrons. The molecule has 0 aliphatic heterocycles. The summed E-state index contributed by atoms with van der Waals surface area (Å²) in [6, 6.07) is 7.25. The van der Waals surface area contributed by atoms with Gasteiger partial charge in [-0.1, -0.05) is 11.6 Å². The summed E-state index contributed by atoms with van der Waals surface area (Å²) in [6.45, 7) is 0. The lowest BCUT2D eigenvalue weighted by Crippen LogP contribution is -1.97. The monoisotopic (exact) mass is 260 g/mol. The number of nitrogens with zero attached hydrogens (tertiary/aromatic N) is 4. The number of hydrogen-bond donors (Lipinski definition) is 0. The highest BCUT2D eigenvalue weighted by Crippen LogP contribution is 2.27. The summed E-state index contributed by atoms with van der Waals surface area (Å²) in [5, 5.41) is 4.63. The second kappa shape index (κ2) is 4.27. The van der Waals surface area contributed by atoms with E-state index in [9.17, 15) is 0 Å². The van der Waals surface area contributed by atoms with Crippen molar-refractivity contribution in [3.05, 3.63) is 41.8 Å². The van der Waals surface area contributed by atoms with Gasteiger partial charge in [0, 0.05) is 6.20 Å². The molecule has 0 aliphatic rings. The maximum Gasteiger partial charge on any atom is 0.222 e. The maximum atomic E-state index is 5.90. The van der Waals surface area contributed by atoms with E-state index in [0.717, 1.165) is 16.9 Å². The quantitative estimate of drug-likeness (QED) is 0.710. The van der Waals surface area contributed by atoms with Gasteiger partial charge < -0.3 is 4.74 Å². The van der Waals surface area contributed by atoms with E-state index in [1.54, 1.807) is 30.1 Å². The zero-order valence-electron chi connectivity index (χ0n) is 9.54. The molecule has 3 heterocycles. The first-order valence-corrected chi connectivity index (χ1v) is 5.67. The van der Waals surface area contributed by atoms with Gasteiger partial charge in [0.15, 0.2) is 5.65 Å². The number of halogens is 1. The maximum absolute atomic E-state index is 5.90. The fraction of sp³-hybridized carbons (Fsp3) is 0.0833. The third-order valence-electron chi connectivity index (χ3n) is 2.57. The minimum absolute atomic E-state index is 0.407. The Morgan fingerprint density at radius 1 is 1.22 bits per heavy atom. The molecule has 3 aromatic rings. The van der Waals surface area contributed by atoms with Crippen molar-refractivity contribution in [1.29, 1.82) is 0 Å². The van der Waals surface area contributed by atoms with Crippen LogP contribution >= 0.6 is 11.6 Å². The summed E-state index contributed by atoms with van der Waals surface area (Å²) >= 11 is 5.90. The first-order chi connectivity index (χ1) is 8.79. The highest BCUT2D eigenvalue weighted by Gasteiger charge is 2.12. The molecule has 0 fully saturated rings. The lowest BCUT2D eigenvalue weighted by atomic mass is 10.2. The molecule has 0 N–H and O–H groups in total. The molecule has 3 aromatic heterocycles. The third kappa shape index (κ3) is 1.69. The van der Waals surface area contributed by atoms with Crippen LogP contribution in [-0.4, -0.2) is 26.7 Å².